The van der Waals surface area contributed by atoms with Gasteiger partial charge in [0.25, 0.3) is 0 Å². The van der Waals surface area contributed by atoms with Crippen LogP contribution in [0.25, 0.3) is 16.7 Å². The quantitative estimate of drug-likeness (QED) is 0.561. The first-order chi connectivity index (χ1) is 14.8. The second-order valence-corrected chi connectivity index (χ2v) is 8.53. The minimum Gasteiger partial charge on any atom is -0.464 e. The van der Waals surface area contributed by atoms with Crippen molar-refractivity contribution in [3.05, 3.63) is 36.7 Å². The van der Waals surface area contributed by atoms with Crippen molar-refractivity contribution in [2.45, 2.75) is 52.5 Å². The van der Waals surface area contributed by atoms with Gasteiger partial charge in [0.05, 0.1) is 18.1 Å². The molecule has 0 bridgehead atoms. The Labute approximate surface area is 180 Å². The summed E-state index contributed by atoms with van der Waals surface area (Å²) in [6, 6.07) is 7.20. The number of carboxylic acid groups (broad SMARTS) is 1. The largest absolute Gasteiger partial charge is 0.511 e. The Morgan fingerprint density at radius 3 is 2.65 bits per heavy atom. The van der Waals surface area contributed by atoms with Gasteiger partial charge in [-0.05, 0) is 63.6 Å². The number of anilines is 1. The van der Waals surface area contributed by atoms with Crippen molar-refractivity contribution in [1.82, 2.24) is 9.78 Å². The van der Waals surface area contributed by atoms with Crippen LogP contribution in [0.5, 0.6) is 5.75 Å². The van der Waals surface area contributed by atoms with E-state index in [-0.39, 0.29) is 29.4 Å². The zero-order chi connectivity index (χ0) is 22.1. The van der Waals surface area contributed by atoms with E-state index in [0.717, 1.165) is 31.1 Å². The number of hydrogen-bond acceptors (Lipinski definition) is 5. The van der Waals surface area contributed by atoms with Crippen LogP contribution in [-0.2, 0) is 4.79 Å². The van der Waals surface area contributed by atoms with Gasteiger partial charge in [-0.2, -0.15) is 0 Å². The van der Waals surface area contributed by atoms with Crippen LogP contribution in [-0.4, -0.2) is 33.0 Å². The number of carbonyl (C=O) groups is 2. The van der Waals surface area contributed by atoms with E-state index >= 15 is 0 Å². The summed E-state index contributed by atoms with van der Waals surface area (Å²) in [5, 5.41) is 14.8. The second kappa shape index (κ2) is 8.45. The number of carbonyl (C=O) groups excluding carboxylic acids is 1. The minimum atomic E-state index is -1.45. The fourth-order valence-electron chi connectivity index (χ4n) is 4.21. The summed E-state index contributed by atoms with van der Waals surface area (Å²) in [6.45, 7) is 5.99. The number of hydrogen-bond donors (Lipinski definition) is 1. The highest BCUT2D eigenvalue weighted by molar-refractivity contribution is 5.96. The van der Waals surface area contributed by atoms with Gasteiger partial charge in [0, 0.05) is 23.4 Å². The predicted molar refractivity (Wildman–Crippen MR) is 116 cm³/mol. The van der Waals surface area contributed by atoms with Crippen LogP contribution in [0, 0.1) is 11.8 Å². The van der Waals surface area contributed by atoms with E-state index in [4.69, 9.17) is 9.15 Å². The van der Waals surface area contributed by atoms with Crippen molar-refractivity contribution in [3.63, 3.8) is 0 Å². The van der Waals surface area contributed by atoms with Gasteiger partial charge in [0.1, 0.15) is 5.58 Å². The molecular weight excluding hydrogens is 398 g/mol. The van der Waals surface area contributed by atoms with E-state index in [2.05, 4.69) is 12.0 Å². The van der Waals surface area contributed by atoms with E-state index in [1.807, 2.05) is 32.0 Å². The molecule has 2 aromatic heterocycles. The van der Waals surface area contributed by atoms with Crippen molar-refractivity contribution >= 4 is 28.8 Å². The lowest BCUT2D eigenvalue weighted by atomic mass is 9.82. The van der Waals surface area contributed by atoms with Crippen LogP contribution < -0.4 is 9.64 Å². The molecule has 2 heterocycles. The smallest absolute Gasteiger partial charge is 0.464 e. The first kappa shape index (κ1) is 21.0. The molecule has 1 N–H and O–H groups in total. The molecule has 8 heteroatoms. The number of furan rings is 1. The third-order valence-corrected chi connectivity index (χ3v) is 5.91. The number of amides is 1. The van der Waals surface area contributed by atoms with Crippen LogP contribution in [0.2, 0.25) is 0 Å². The Bertz CT molecular complexity index is 1090. The Morgan fingerprint density at radius 1 is 1.23 bits per heavy atom. The van der Waals surface area contributed by atoms with Crippen LogP contribution in [0.4, 0.5) is 10.6 Å². The lowest BCUT2D eigenvalue weighted by molar-refractivity contribution is -0.124. The van der Waals surface area contributed by atoms with Crippen molar-refractivity contribution in [2.24, 2.45) is 11.8 Å². The highest BCUT2D eigenvalue weighted by Crippen LogP contribution is 2.35. The molecule has 1 aromatic carbocycles. The predicted octanol–water partition coefficient (Wildman–Crippen LogP) is 5.24. The van der Waals surface area contributed by atoms with Crippen molar-refractivity contribution < 1.29 is 23.8 Å². The lowest BCUT2D eigenvalue weighted by Gasteiger charge is -2.32. The van der Waals surface area contributed by atoms with Gasteiger partial charge in [-0.3, -0.25) is 9.69 Å². The molecule has 31 heavy (non-hydrogen) atoms. The summed E-state index contributed by atoms with van der Waals surface area (Å²) < 4.78 is 12.0. The highest BCUT2D eigenvalue weighted by Gasteiger charge is 2.34. The number of fused-ring (bicyclic) bond motifs is 1. The van der Waals surface area contributed by atoms with Gasteiger partial charge < -0.3 is 14.3 Å². The summed E-state index contributed by atoms with van der Waals surface area (Å²) in [5.74, 6) is 0.724. The molecule has 3 aromatic rings. The minimum absolute atomic E-state index is 0.0262. The fourth-order valence-corrected chi connectivity index (χ4v) is 4.21. The van der Waals surface area contributed by atoms with Gasteiger partial charge in [0.15, 0.2) is 5.75 Å². The maximum atomic E-state index is 13.4. The van der Waals surface area contributed by atoms with Crippen LogP contribution in [0.15, 0.2) is 41.1 Å². The summed E-state index contributed by atoms with van der Waals surface area (Å²) in [4.78, 5) is 26.3. The molecular formula is C23H27N3O5. The van der Waals surface area contributed by atoms with Crippen LogP contribution >= 0.6 is 0 Å². The average molecular weight is 425 g/mol. The first-order valence-electron chi connectivity index (χ1n) is 10.6. The first-order valence-corrected chi connectivity index (χ1v) is 10.6. The Hall–Kier alpha value is -3.29. The number of ether oxygens (including phenoxy) is 1. The Balaban J connectivity index is 1.73. The molecule has 0 spiro atoms. The number of rotatable bonds is 5. The topological polar surface area (TPSA) is 97.8 Å². The van der Waals surface area contributed by atoms with E-state index in [0.29, 0.717) is 17.2 Å². The molecule has 1 amide bonds. The molecule has 1 fully saturated rings. The molecule has 8 nitrogen and oxygen atoms in total. The van der Waals surface area contributed by atoms with Crippen molar-refractivity contribution in [3.8, 4) is 11.4 Å². The van der Waals surface area contributed by atoms with E-state index in [9.17, 15) is 14.7 Å². The summed E-state index contributed by atoms with van der Waals surface area (Å²) in [7, 11) is 0. The second-order valence-electron chi connectivity index (χ2n) is 8.53. The lowest BCUT2D eigenvalue weighted by Crippen LogP contribution is -2.42. The average Bonchev–Trinajstić information content (AvgIpc) is 3.34. The third-order valence-electron chi connectivity index (χ3n) is 5.91. The Morgan fingerprint density at radius 2 is 1.97 bits per heavy atom. The molecule has 164 valence electrons. The van der Waals surface area contributed by atoms with Crippen molar-refractivity contribution in [1.29, 1.82) is 0 Å². The van der Waals surface area contributed by atoms with Gasteiger partial charge >= 0.3 is 6.16 Å². The van der Waals surface area contributed by atoms with E-state index < -0.39 is 6.16 Å². The monoisotopic (exact) mass is 425 g/mol. The Kier molecular flexibility index (Phi) is 5.71. The van der Waals surface area contributed by atoms with Crippen molar-refractivity contribution in [2.75, 3.05) is 4.90 Å². The standard InChI is InChI=1S/C23H27N3O5/c1-14(2)26(22(27)17-6-4-15(3)5-7-17)21-20(31-23(28)29)13-25(24-21)18-9-8-16-10-11-30-19(16)12-18/h8-15,17H,4-7H2,1-3H3,(H,28,29)/t15-,17-. The maximum Gasteiger partial charge on any atom is 0.511 e. The molecule has 1 aliphatic rings. The molecule has 0 unspecified atom stereocenters. The molecule has 0 radical (unpaired) electrons. The normalized spacial score (nSPS) is 19.0. The SMILES string of the molecule is CC(C)N(c1nn(-c2ccc3ccoc3c2)cc1OC(=O)O)C(=O)[C@H]1CC[C@H](C)CC1. The molecule has 1 saturated carbocycles. The maximum absolute atomic E-state index is 13.4. The van der Waals surface area contributed by atoms with E-state index in [1.165, 1.54) is 10.9 Å². The molecule has 1 aliphatic carbocycles. The summed E-state index contributed by atoms with van der Waals surface area (Å²) in [6.07, 6.45) is 5.31. The summed E-state index contributed by atoms with van der Waals surface area (Å²) >= 11 is 0. The van der Waals surface area contributed by atoms with Gasteiger partial charge in [-0.15, -0.1) is 5.10 Å². The zero-order valence-corrected chi connectivity index (χ0v) is 17.9. The van der Waals surface area contributed by atoms with Gasteiger partial charge in [0.2, 0.25) is 11.7 Å². The molecule has 4 rings (SSSR count). The summed E-state index contributed by atoms with van der Waals surface area (Å²) in [5.41, 5.74) is 1.36. The third kappa shape index (κ3) is 4.28. The van der Waals surface area contributed by atoms with E-state index in [1.54, 1.807) is 17.2 Å². The molecule has 0 atom stereocenters. The molecule has 0 aliphatic heterocycles. The highest BCUT2D eigenvalue weighted by atomic mass is 16.7. The number of benzene rings is 1. The fraction of sp³-hybridized carbons (Fsp3) is 0.435. The zero-order valence-electron chi connectivity index (χ0n) is 17.9. The van der Waals surface area contributed by atoms with Gasteiger partial charge in [-0.1, -0.05) is 6.92 Å². The number of nitrogens with zero attached hydrogens (tertiary/aromatic N) is 3. The molecule has 0 saturated heterocycles. The van der Waals surface area contributed by atoms with Gasteiger partial charge in [-0.25, -0.2) is 9.48 Å². The van der Waals surface area contributed by atoms with Crippen LogP contribution in [0.3, 0.4) is 0 Å². The van der Waals surface area contributed by atoms with Crippen LogP contribution in [0.1, 0.15) is 46.5 Å². The number of aromatic nitrogens is 2.